The molecule has 2 saturated heterocycles. The molecule has 0 bridgehead atoms. The fourth-order valence-electron chi connectivity index (χ4n) is 3.86. The minimum Gasteiger partial charge on any atom is -0.375 e. The van der Waals surface area contributed by atoms with Gasteiger partial charge in [0.25, 0.3) is 0 Å². The number of aryl methyl sites for hydroxylation is 1. The van der Waals surface area contributed by atoms with E-state index in [-0.39, 0.29) is 0 Å². The van der Waals surface area contributed by atoms with E-state index in [4.69, 9.17) is 4.74 Å². The maximum Gasteiger partial charge on any atom is 0.103 e. The molecule has 2 aromatic heterocycles. The lowest BCUT2D eigenvalue weighted by Gasteiger charge is -2.47. The Morgan fingerprint density at radius 2 is 2.12 bits per heavy atom. The summed E-state index contributed by atoms with van der Waals surface area (Å²) in [6.45, 7) is 7.89. The Labute approximate surface area is 142 Å². The summed E-state index contributed by atoms with van der Waals surface area (Å²) >= 11 is 0. The number of piperidine rings is 1. The number of likely N-dealkylation sites (tertiary alicyclic amines) is 1. The number of hydrogen-bond acceptors (Lipinski definition) is 5. The number of imidazole rings is 1. The normalized spacial score (nSPS) is 25.5. The highest BCUT2D eigenvalue weighted by Gasteiger charge is 2.36. The molecule has 0 aromatic carbocycles. The first kappa shape index (κ1) is 15.7. The van der Waals surface area contributed by atoms with Crippen LogP contribution in [0, 0.1) is 6.92 Å². The number of morpholine rings is 1. The first-order valence-electron chi connectivity index (χ1n) is 8.75. The Hall–Kier alpha value is -1.76. The predicted octanol–water partition coefficient (Wildman–Crippen LogP) is 1.59. The number of ether oxygens (including phenoxy) is 1. The van der Waals surface area contributed by atoms with Gasteiger partial charge in [-0.3, -0.25) is 14.8 Å². The van der Waals surface area contributed by atoms with Gasteiger partial charge in [0, 0.05) is 63.1 Å². The lowest BCUT2D eigenvalue weighted by atomic mass is 9.98. The van der Waals surface area contributed by atoms with Crippen molar-refractivity contribution in [2.75, 3.05) is 26.2 Å². The molecule has 24 heavy (non-hydrogen) atoms. The second kappa shape index (κ2) is 7.01. The van der Waals surface area contributed by atoms with Gasteiger partial charge in [-0.1, -0.05) is 0 Å². The minimum atomic E-state index is 0.361. The van der Waals surface area contributed by atoms with E-state index in [1.54, 1.807) is 0 Å². The van der Waals surface area contributed by atoms with Crippen molar-refractivity contribution in [2.24, 2.45) is 0 Å². The number of H-pyrrole nitrogens is 1. The zero-order valence-corrected chi connectivity index (χ0v) is 14.2. The van der Waals surface area contributed by atoms with Crippen LogP contribution in [0.3, 0.4) is 0 Å². The fourth-order valence-corrected chi connectivity index (χ4v) is 3.86. The lowest BCUT2D eigenvalue weighted by Crippen LogP contribution is -2.59. The number of nitrogens with zero attached hydrogens (tertiary/aromatic N) is 4. The van der Waals surface area contributed by atoms with Gasteiger partial charge in [-0.05, 0) is 31.0 Å². The molecular formula is C18H25N5O. The lowest BCUT2D eigenvalue weighted by molar-refractivity contribution is -0.107. The molecule has 2 fully saturated rings. The third-order valence-electron chi connectivity index (χ3n) is 5.07. The van der Waals surface area contributed by atoms with E-state index in [1.165, 1.54) is 11.3 Å². The van der Waals surface area contributed by atoms with Crippen molar-refractivity contribution in [3.63, 3.8) is 0 Å². The highest BCUT2D eigenvalue weighted by atomic mass is 16.5. The Kier molecular flexibility index (Phi) is 4.60. The number of aromatic nitrogens is 3. The van der Waals surface area contributed by atoms with Crippen molar-refractivity contribution in [2.45, 2.75) is 38.6 Å². The average molecular weight is 327 g/mol. The molecule has 4 rings (SSSR count). The second-order valence-electron chi connectivity index (χ2n) is 6.82. The minimum absolute atomic E-state index is 0.361. The zero-order valence-electron chi connectivity index (χ0n) is 14.2. The van der Waals surface area contributed by atoms with Gasteiger partial charge in [-0.25, -0.2) is 4.98 Å². The third kappa shape index (κ3) is 3.50. The molecule has 6 nitrogen and oxygen atoms in total. The SMILES string of the molecule is Cc1ncc(CN2CC[C@@H]3OCCN(Cc4ccncc4)[C@H]3C2)[nH]1. The van der Waals surface area contributed by atoms with Gasteiger partial charge < -0.3 is 9.72 Å². The molecule has 0 aliphatic carbocycles. The van der Waals surface area contributed by atoms with Crippen molar-refractivity contribution in [3.8, 4) is 0 Å². The van der Waals surface area contributed by atoms with Gasteiger partial charge in [-0.2, -0.15) is 0 Å². The van der Waals surface area contributed by atoms with Crippen molar-refractivity contribution in [1.82, 2.24) is 24.8 Å². The van der Waals surface area contributed by atoms with E-state index in [1.807, 2.05) is 25.5 Å². The van der Waals surface area contributed by atoms with Gasteiger partial charge in [0.05, 0.1) is 12.7 Å². The highest BCUT2D eigenvalue weighted by Crippen LogP contribution is 2.25. The molecule has 0 spiro atoms. The summed E-state index contributed by atoms with van der Waals surface area (Å²) in [5.41, 5.74) is 2.52. The van der Waals surface area contributed by atoms with Gasteiger partial charge in [-0.15, -0.1) is 0 Å². The molecule has 0 unspecified atom stereocenters. The number of pyridine rings is 1. The largest absolute Gasteiger partial charge is 0.375 e. The van der Waals surface area contributed by atoms with Crippen LogP contribution in [0.2, 0.25) is 0 Å². The van der Waals surface area contributed by atoms with E-state index in [0.717, 1.165) is 51.6 Å². The smallest absolute Gasteiger partial charge is 0.103 e. The topological polar surface area (TPSA) is 57.3 Å². The maximum absolute atomic E-state index is 6.05. The predicted molar refractivity (Wildman–Crippen MR) is 91.4 cm³/mol. The van der Waals surface area contributed by atoms with Crippen molar-refractivity contribution < 1.29 is 4.74 Å². The molecule has 128 valence electrons. The maximum atomic E-state index is 6.05. The van der Waals surface area contributed by atoms with Crippen molar-refractivity contribution >= 4 is 0 Å². The number of aromatic amines is 1. The summed E-state index contributed by atoms with van der Waals surface area (Å²) < 4.78 is 6.05. The first-order chi connectivity index (χ1) is 11.8. The Bertz CT molecular complexity index is 658. The number of nitrogens with one attached hydrogen (secondary N) is 1. The van der Waals surface area contributed by atoms with Crippen LogP contribution in [0.5, 0.6) is 0 Å². The molecule has 2 aromatic rings. The summed E-state index contributed by atoms with van der Waals surface area (Å²) in [6, 6.07) is 4.68. The second-order valence-corrected chi connectivity index (χ2v) is 6.82. The van der Waals surface area contributed by atoms with Crippen molar-refractivity contribution in [3.05, 3.63) is 47.8 Å². The van der Waals surface area contributed by atoms with E-state index in [9.17, 15) is 0 Å². The molecular weight excluding hydrogens is 302 g/mol. The van der Waals surface area contributed by atoms with Crippen LogP contribution in [0.1, 0.15) is 23.5 Å². The summed E-state index contributed by atoms with van der Waals surface area (Å²) in [5, 5.41) is 0. The Balaban J connectivity index is 1.43. The van der Waals surface area contributed by atoms with Gasteiger partial charge >= 0.3 is 0 Å². The fraction of sp³-hybridized carbons (Fsp3) is 0.556. The average Bonchev–Trinajstić information content (AvgIpc) is 3.01. The van der Waals surface area contributed by atoms with E-state index in [0.29, 0.717) is 12.1 Å². The number of fused-ring (bicyclic) bond motifs is 1. The van der Waals surface area contributed by atoms with Gasteiger partial charge in [0.2, 0.25) is 0 Å². The van der Waals surface area contributed by atoms with Crippen LogP contribution in [0.4, 0.5) is 0 Å². The zero-order chi connectivity index (χ0) is 16.4. The summed E-state index contributed by atoms with van der Waals surface area (Å²) in [5.74, 6) is 0.986. The molecule has 6 heteroatoms. The van der Waals surface area contributed by atoms with Crippen LogP contribution in [-0.2, 0) is 17.8 Å². The highest BCUT2D eigenvalue weighted by molar-refractivity contribution is 5.10. The molecule has 0 amide bonds. The van der Waals surface area contributed by atoms with Crippen LogP contribution < -0.4 is 0 Å². The number of rotatable bonds is 4. The van der Waals surface area contributed by atoms with Crippen LogP contribution in [0.25, 0.3) is 0 Å². The third-order valence-corrected chi connectivity index (χ3v) is 5.07. The molecule has 4 heterocycles. The molecule has 2 aliphatic rings. The quantitative estimate of drug-likeness (QED) is 0.924. The van der Waals surface area contributed by atoms with E-state index >= 15 is 0 Å². The Morgan fingerprint density at radius 1 is 1.25 bits per heavy atom. The van der Waals surface area contributed by atoms with E-state index in [2.05, 4.69) is 36.9 Å². The van der Waals surface area contributed by atoms with Crippen molar-refractivity contribution in [1.29, 1.82) is 0 Å². The molecule has 2 aliphatic heterocycles. The van der Waals surface area contributed by atoms with Gasteiger partial charge in [0.15, 0.2) is 0 Å². The van der Waals surface area contributed by atoms with Crippen LogP contribution >= 0.6 is 0 Å². The standard InChI is InChI=1S/C18H25N5O/c1-14-20-10-16(21-14)12-22-7-4-18-17(13-22)23(8-9-24-18)11-15-2-5-19-6-3-15/h2-3,5-6,10,17-18H,4,7-9,11-13H2,1H3,(H,20,21)/t17-,18-/m0/s1. The first-order valence-corrected chi connectivity index (χ1v) is 8.75. The number of hydrogen-bond donors (Lipinski definition) is 1. The molecule has 1 N–H and O–H groups in total. The Morgan fingerprint density at radius 3 is 2.92 bits per heavy atom. The van der Waals surface area contributed by atoms with Crippen LogP contribution in [0.15, 0.2) is 30.7 Å². The van der Waals surface area contributed by atoms with E-state index < -0.39 is 0 Å². The molecule has 0 saturated carbocycles. The molecule has 0 radical (unpaired) electrons. The van der Waals surface area contributed by atoms with Crippen LogP contribution in [-0.4, -0.2) is 63.1 Å². The van der Waals surface area contributed by atoms with Gasteiger partial charge in [0.1, 0.15) is 5.82 Å². The summed E-state index contributed by atoms with van der Waals surface area (Å²) in [4.78, 5) is 16.9. The summed E-state index contributed by atoms with van der Waals surface area (Å²) in [7, 11) is 0. The summed E-state index contributed by atoms with van der Waals surface area (Å²) in [6.07, 6.45) is 7.17. The molecule has 2 atom stereocenters. The monoisotopic (exact) mass is 327 g/mol.